The van der Waals surface area contributed by atoms with E-state index in [4.69, 9.17) is 11.0 Å². The highest BCUT2D eigenvalue weighted by atomic mass is 16.2. The fourth-order valence-electron chi connectivity index (χ4n) is 3.69. The second-order valence-corrected chi connectivity index (χ2v) is 8.01. The summed E-state index contributed by atoms with van der Waals surface area (Å²) in [5.74, 6) is 0.441. The summed E-state index contributed by atoms with van der Waals surface area (Å²) in [6, 6.07) is 6.05. The van der Waals surface area contributed by atoms with Crippen LogP contribution in [0, 0.1) is 38.1 Å². The first-order valence-electron chi connectivity index (χ1n) is 11.3. The Morgan fingerprint density at radius 3 is 2.48 bits per heavy atom. The Labute approximate surface area is 197 Å². The van der Waals surface area contributed by atoms with E-state index in [9.17, 15) is 9.59 Å². The lowest BCUT2D eigenvalue weighted by atomic mass is 10.0. The Balaban J connectivity index is 0.000000308. The molecule has 0 aliphatic carbocycles. The van der Waals surface area contributed by atoms with Crippen LogP contribution in [0.25, 0.3) is 0 Å². The summed E-state index contributed by atoms with van der Waals surface area (Å²) in [6.07, 6.45) is 15.7. The molecule has 2 aliphatic heterocycles. The average molecular weight is 453 g/mol. The molecule has 2 fully saturated rings. The molecular formula is C25H36N6O2. The van der Waals surface area contributed by atoms with Crippen molar-refractivity contribution in [2.24, 2.45) is 10.7 Å². The number of hydrogen-bond acceptors (Lipinski definition) is 4. The number of terminal acetylenes is 1. The molecule has 2 aliphatic rings. The average Bonchev–Trinajstić information content (AvgIpc) is 3.29. The maximum atomic E-state index is 11.9. The van der Waals surface area contributed by atoms with Gasteiger partial charge in [0.25, 0.3) is 0 Å². The summed E-state index contributed by atoms with van der Waals surface area (Å²) >= 11 is 0. The number of hydrogen-bond donors (Lipinski definition) is 2. The molecule has 0 aromatic heterocycles. The van der Waals surface area contributed by atoms with Crippen LogP contribution in [-0.2, 0) is 16.1 Å². The Hall–Kier alpha value is -3.52. The molecule has 2 heterocycles. The van der Waals surface area contributed by atoms with Crippen molar-refractivity contribution in [1.29, 1.82) is 5.26 Å². The number of aryl methyl sites for hydroxylation is 1. The highest BCUT2D eigenvalue weighted by Crippen LogP contribution is 2.14. The third-order valence-electron chi connectivity index (χ3n) is 5.78. The predicted molar refractivity (Wildman–Crippen MR) is 131 cm³/mol. The van der Waals surface area contributed by atoms with Crippen molar-refractivity contribution in [3.8, 4) is 19.0 Å². The summed E-state index contributed by atoms with van der Waals surface area (Å²) in [4.78, 5) is 31.3. The van der Waals surface area contributed by atoms with Crippen molar-refractivity contribution in [2.75, 3.05) is 26.2 Å². The molecule has 0 bridgehead atoms. The number of guanidine groups is 1. The van der Waals surface area contributed by atoms with Gasteiger partial charge in [0.15, 0.2) is 6.19 Å². The van der Waals surface area contributed by atoms with E-state index in [0.29, 0.717) is 19.5 Å². The van der Waals surface area contributed by atoms with Crippen molar-refractivity contribution in [2.45, 2.75) is 58.9 Å². The van der Waals surface area contributed by atoms with Crippen LogP contribution in [0.15, 0.2) is 23.2 Å². The van der Waals surface area contributed by atoms with Crippen molar-refractivity contribution >= 4 is 17.8 Å². The molecule has 8 nitrogen and oxygen atoms in total. The quantitative estimate of drug-likeness (QED) is 0.239. The number of nitrogens with one attached hydrogen (secondary N) is 1. The van der Waals surface area contributed by atoms with Crippen LogP contribution in [0.5, 0.6) is 0 Å². The lowest BCUT2D eigenvalue weighted by Gasteiger charge is -2.23. The van der Waals surface area contributed by atoms with Crippen LogP contribution in [-0.4, -0.2) is 53.8 Å². The van der Waals surface area contributed by atoms with E-state index >= 15 is 0 Å². The van der Waals surface area contributed by atoms with Gasteiger partial charge >= 0.3 is 0 Å². The van der Waals surface area contributed by atoms with Gasteiger partial charge in [0.1, 0.15) is 0 Å². The molecule has 8 heteroatoms. The third-order valence-corrected chi connectivity index (χ3v) is 5.78. The molecule has 2 saturated heterocycles. The first-order chi connectivity index (χ1) is 15.9. The molecule has 0 atom stereocenters. The van der Waals surface area contributed by atoms with E-state index in [1.165, 1.54) is 11.1 Å². The number of rotatable bonds is 4. The van der Waals surface area contributed by atoms with Gasteiger partial charge in [-0.3, -0.25) is 14.9 Å². The standard InChI is InChI=1S/C12H20N2O2.C11H14N4.C2H2/c15-11-6-2-1-3-9-14(11)10-12(16)13-7-4-5-8-13;1-8-4-3-5-10(9(8)2)6-14-11(13)15-7-12;1-2/h1-10H2;3-5H,6H2,1-2H3,(H3,13,14,15);1-2H. The van der Waals surface area contributed by atoms with E-state index in [2.05, 4.69) is 36.1 Å². The monoisotopic (exact) mass is 452 g/mol. The van der Waals surface area contributed by atoms with Gasteiger partial charge in [-0.15, -0.1) is 12.8 Å². The molecule has 0 saturated carbocycles. The van der Waals surface area contributed by atoms with Crippen molar-refractivity contribution in [3.63, 3.8) is 0 Å². The molecule has 2 amide bonds. The number of amides is 2. The Morgan fingerprint density at radius 2 is 1.82 bits per heavy atom. The number of nitrogens with zero attached hydrogens (tertiary/aromatic N) is 4. The largest absolute Gasteiger partial charge is 0.369 e. The number of nitrogens with two attached hydrogens (primary N) is 1. The minimum atomic E-state index is 0.132. The van der Waals surface area contributed by atoms with Gasteiger partial charge in [0.2, 0.25) is 17.8 Å². The lowest BCUT2D eigenvalue weighted by Crippen LogP contribution is -2.41. The minimum absolute atomic E-state index is 0.132. The molecule has 0 spiro atoms. The zero-order chi connectivity index (χ0) is 24.6. The van der Waals surface area contributed by atoms with E-state index < -0.39 is 0 Å². The topological polar surface area (TPSA) is 115 Å². The number of carbonyl (C=O) groups excluding carboxylic acids is 2. The third kappa shape index (κ3) is 9.65. The molecule has 0 radical (unpaired) electrons. The number of likely N-dealkylation sites (tertiary alicyclic amines) is 2. The summed E-state index contributed by atoms with van der Waals surface area (Å²) < 4.78 is 0. The summed E-state index contributed by atoms with van der Waals surface area (Å²) in [5, 5.41) is 10.6. The fourth-order valence-corrected chi connectivity index (χ4v) is 3.69. The van der Waals surface area contributed by atoms with Gasteiger partial charge < -0.3 is 15.5 Å². The van der Waals surface area contributed by atoms with E-state index in [1.54, 1.807) is 11.1 Å². The van der Waals surface area contributed by atoms with Gasteiger partial charge in [-0.1, -0.05) is 24.6 Å². The normalized spacial score (nSPS) is 15.8. The molecule has 33 heavy (non-hydrogen) atoms. The first kappa shape index (κ1) is 27.5. The van der Waals surface area contributed by atoms with Crippen LogP contribution in [0.4, 0.5) is 0 Å². The first-order valence-corrected chi connectivity index (χ1v) is 11.3. The van der Waals surface area contributed by atoms with E-state index in [1.807, 2.05) is 24.0 Å². The zero-order valence-corrected chi connectivity index (χ0v) is 19.8. The number of nitriles is 1. The second-order valence-electron chi connectivity index (χ2n) is 8.01. The molecule has 0 unspecified atom stereocenters. The Morgan fingerprint density at radius 1 is 1.15 bits per heavy atom. The fraction of sp³-hybridized carbons (Fsp3) is 0.520. The Kier molecular flexibility index (Phi) is 12.8. The Bertz CT molecular complexity index is 865. The summed E-state index contributed by atoms with van der Waals surface area (Å²) in [6.45, 7) is 7.42. The molecule has 1 aromatic carbocycles. The van der Waals surface area contributed by atoms with Gasteiger partial charge in [-0.05, 0) is 56.2 Å². The van der Waals surface area contributed by atoms with Gasteiger partial charge in [0, 0.05) is 26.1 Å². The summed E-state index contributed by atoms with van der Waals surface area (Å²) in [5.41, 5.74) is 9.00. The number of benzene rings is 1. The smallest absolute Gasteiger partial charge is 0.242 e. The lowest BCUT2D eigenvalue weighted by molar-refractivity contribution is -0.139. The highest BCUT2D eigenvalue weighted by molar-refractivity contribution is 5.85. The van der Waals surface area contributed by atoms with Crippen LogP contribution < -0.4 is 11.1 Å². The molecule has 1 aromatic rings. The second kappa shape index (κ2) is 15.3. The van der Waals surface area contributed by atoms with E-state index in [0.717, 1.165) is 57.3 Å². The van der Waals surface area contributed by atoms with Gasteiger partial charge in [-0.25, -0.2) is 4.99 Å². The zero-order valence-electron chi connectivity index (χ0n) is 19.8. The minimum Gasteiger partial charge on any atom is -0.369 e. The highest BCUT2D eigenvalue weighted by Gasteiger charge is 2.23. The van der Waals surface area contributed by atoms with Crippen molar-refractivity contribution < 1.29 is 9.59 Å². The maximum Gasteiger partial charge on any atom is 0.242 e. The summed E-state index contributed by atoms with van der Waals surface area (Å²) in [7, 11) is 0. The van der Waals surface area contributed by atoms with Crippen molar-refractivity contribution in [3.05, 3.63) is 34.9 Å². The maximum absolute atomic E-state index is 11.9. The van der Waals surface area contributed by atoms with Crippen molar-refractivity contribution in [1.82, 2.24) is 15.1 Å². The predicted octanol–water partition coefficient (Wildman–Crippen LogP) is 2.45. The van der Waals surface area contributed by atoms with Crippen LogP contribution >= 0.6 is 0 Å². The molecular weight excluding hydrogens is 416 g/mol. The van der Waals surface area contributed by atoms with Crippen LogP contribution in [0.2, 0.25) is 0 Å². The van der Waals surface area contributed by atoms with Gasteiger partial charge in [-0.2, -0.15) is 5.26 Å². The van der Waals surface area contributed by atoms with Crippen LogP contribution in [0.1, 0.15) is 55.2 Å². The van der Waals surface area contributed by atoms with Gasteiger partial charge in [0.05, 0.1) is 13.1 Å². The van der Waals surface area contributed by atoms with E-state index in [-0.39, 0.29) is 17.8 Å². The number of aliphatic imine (C=N–C) groups is 1. The molecule has 178 valence electrons. The molecule has 3 rings (SSSR count). The van der Waals surface area contributed by atoms with Crippen LogP contribution in [0.3, 0.4) is 0 Å². The molecule has 3 N–H and O–H groups in total. The number of carbonyl (C=O) groups is 2. The SMILES string of the molecule is C#C.Cc1cccc(CN=C(N)NC#N)c1C.O=C(CN1CCCCCC1=O)N1CCCC1.